The van der Waals surface area contributed by atoms with Crippen molar-refractivity contribution in [2.45, 2.75) is 32.2 Å². The van der Waals surface area contributed by atoms with Gasteiger partial charge in [0.1, 0.15) is 5.75 Å². The maximum Gasteiger partial charge on any atom is 0.262 e. The normalized spacial score (nSPS) is 21.3. The number of rotatable bonds is 3. The summed E-state index contributed by atoms with van der Waals surface area (Å²) in [4.78, 5) is 23.7. The molecule has 0 fully saturated rings. The monoisotopic (exact) mass is 300 g/mol. The van der Waals surface area contributed by atoms with Gasteiger partial charge >= 0.3 is 0 Å². The van der Waals surface area contributed by atoms with Crippen molar-refractivity contribution in [2.24, 2.45) is 5.92 Å². The molecule has 2 atom stereocenters. The number of fused-ring (bicyclic) bond motifs is 1. The SMILES string of the molecule is C[C@H](NC(=O)[C@H]1CC=CCC1)c1ccc2c(c1)NC(=O)CO2. The average Bonchev–Trinajstić information content (AvgIpc) is 2.54. The Labute approximate surface area is 129 Å². The van der Waals surface area contributed by atoms with E-state index in [0.29, 0.717) is 11.4 Å². The fourth-order valence-electron chi connectivity index (χ4n) is 2.82. The second-order valence-electron chi connectivity index (χ2n) is 5.80. The van der Waals surface area contributed by atoms with Crippen LogP contribution in [0.15, 0.2) is 30.4 Å². The van der Waals surface area contributed by atoms with Gasteiger partial charge < -0.3 is 15.4 Å². The Morgan fingerprint density at radius 3 is 3.05 bits per heavy atom. The van der Waals surface area contributed by atoms with Crippen LogP contribution in [-0.4, -0.2) is 18.4 Å². The van der Waals surface area contributed by atoms with Gasteiger partial charge in [-0.15, -0.1) is 0 Å². The van der Waals surface area contributed by atoms with Gasteiger partial charge in [-0.3, -0.25) is 9.59 Å². The zero-order chi connectivity index (χ0) is 15.5. The Balaban J connectivity index is 1.68. The molecule has 0 spiro atoms. The van der Waals surface area contributed by atoms with Crippen LogP contribution in [0, 0.1) is 5.92 Å². The quantitative estimate of drug-likeness (QED) is 0.843. The van der Waals surface area contributed by atoms with Crippen LogP contribution in [0.5, 0.6) is 5.75 Å². The zero-order valence-electron chi connectivity index (χ0n) is 12.6. The molecule has 0 saturated heterocycles. The molecule has 3 rings (SSSR count). The third-order valence-electron chi connectivity index (χ3n) is 4.14. The van der Waals surface area contributed by atoms with Crippen molar-refractivity contribution in [3.05, 3.63) is 35.9 Å². The first-order chi connectivity index (χ1) is 10.6. The van der Waals surface area contributed by atoms with Crippen LogP contribution >= 0.6 is 0 Å². The smallest absolute Gasteiger partial charge is 0.262 e. The number of carbonyl (C=O) groups excluding carboxylic acids is 2. The minimum absolute atomic E-state index is 0.0494. The van der Waals surface area contributed by atoms with Gasteiger partial charge in [0.05, 0.1) is 11.7 Å². The summed E-state index contributed by atoms with van der Waals surface area (Å²) >= 11 is 0. The second kappa shape index (κ2) is 6.22. The van der Waals surface area contributed by atoms with Crippen LogP contribution in [0.4, 0.5) is 5.69 Å². The topological polar surface area (TPSA) is 67.4 Å². The van der Waals surface area contributed by atoms with Gasteiger partial charge in [0.15, 0.2) is 6.61 Å². The summed E-state index contributed by atoms with van der Waals surface area (Å²) < 4.78 is 5.34. The van der Waals surface area contributed by atoms with Crippen molar-refractivity contribution < 1.29 is 14.3 Å². The van der Waals surface area contributed by atoms with Crippen molar-refractivity contribution in [3.63, 3.8) is 0 Å². The molecule has 1 aromatic rings. The van der Waals surface area contributed by atoms with E-state index in [2.05, 4.69) is 22.8 Å². The Morgan fingerprint density at radius 1 is 1.41 bits per heavy atom. The lowest BCUT2D eigenvalue weighted by molar-refractivity contribution is -0.126. The minimum atomic E-state index is -0.157. The molecule has 1 heterocycles. The summed E-state index contributed by atoms with van der Waals surface area (Å²) in [6.07, 6.45) is 6.88. The molecule has 1 aromatic carbocycles. The lowest BCUT2D eigenvalue weighted by Crippen LogP contribution is -2.33. The number of amides is 2. The van der Waals surface area contributed by atoms with E-state index >= 15 is 0 Å². The highest BCUT2D eigenvalue weighted by Crippen LogP contribution is 2.30. The Morgan fingerprint density at radius 2 is 2.27 bits per heavy atom. The van der Waals surface area contributed by atoms with E-state index in [1.807, 2.05) is 25.1 Å². The number of hydrogen-bond acceptors (Lipinski definition) is 3. The highest BCUT2D eigenvalue weighted by Gasteiger charge is 2.22. The van der Waals surface area contributed by atoms with E-state index in [1.54, 1.807) is 0 Å². The maximum absolute atomic E-state index is 12.3. The number of hydrogen-bond donors (Lipinski definition) is 2. The zero-order valence-corrected chi connectivity index (χ0v) is 12.6. The molecule has 0 bridgehead atoms. The van der Waals surface area contributed by atoms with Crippen molar-refractivity contribution >= 4 is 17.5 Å². The molecule has 2 N–H and O–H groups in total. The predicted molar refractivity (Wildman–Crippen MR) is 83.6 cm³/mol. The summed E-state index contributed by atoms with van der Waals surface area (Å²) in [7, 11) is 0. The molecule has 5 nitrogen and oxygen atoms in total. The fraction of sp³-hybridized carbons (Fsp3) is 0.412. The Kier molecular flexibility index (Phi) is 4.13. The average molecular weight is 300 g/mol. The van der Waals surface area contributed by atoms with Gasteiger partial charge in [-0.05, 0) is 43.9 Å². The molecule has 0 radical (unpaired) electrons. The molecule has 2 amide bonds. The van der Waals surface area contributed by atoms with E-state index < -0.39 is 0 Å². The van der Waals surface area contributed by atoms with E-state index in [1.165, 1.54) is 0 Å². The largest absolute Gasteiger partial charge is 0.482 e. The number of nitrogens with one attached hydrogen (secondary N) is 2. The van der Waals surface area contributed by atoms with Crippen LogP contribution < -0.4 is 15.4 Å². The summed E-state index contributed by atoms with van der Waals surface area (Å²) in [6.45, 7) is 2.00. The van der Waals surface area contributed by atoms with E-state index in [4.69, 9.17) is 4.74 Å². The molecule has 0 unspecified atom stereocenters. The molecule has 1 aliphatic heterocycles. The van der Waals surface area contributed by atoms with Crippen molar-refractivity contribution in [3.8, 4) is 5.75 Å². The van der Waals surface area contributed by atoms with Crippen LogP contribution in [0.3, 0.4) is 0 Å². The first-order valence-electron chi connectivity index (χ1n) is 7.65. The number of benzene rings is 1. The van der Waals surface area contributed by atoms with E-state index in [0.717, 1.165) is 24.8 Å². The number of ether oxygens (including phenoxy) is 1. The lowest BCUT2D eigenvalue weighted by atomic mass is 9.93. The number of carbonyl (C=O) groups is 2. The summed E-state index contributed by atoms with van der Waals surface area (Å²) in [5.74, 6) is 0.664. The molecule has 0 aromatic heterocycles. The van der Waals surface area contributed by atoms with Crippen LogP contribution in [0.1, 0.15) is 37.8 Å². The molecule has 116 valence electrons. The molecule has 22 heavy (non-hydrogen) atoms. The summed E-state index contributed by atoms with van der Waals surface area (Å²) in [6, 6.07) is 5.50. The van der Waals surface area contributed by atoms with Gasteiger partial charge in [0.2, 0.25) is 5.91 Å². The van der Waals surface area contributed by atoms with Crippen LogP contribution in [-0.2, 0) is 9.59 Å². The molecule has 0 saturated carbocycles. The van der Waals surface area contributed by atoms with Gasteiger partial charge in [-0.25, -0.2) is 0 Å². The highest BCUT2D eigenvalue weighted by molar-refractivity contribution is 5.95. The number of anilines is 1. The fourth-order valence-corrected chi connectivity index (χ4v) is 2.82. The Hall–Kier alpha value is -2.30. The number of allylic oxidation sites excluding steroid dienone is 2. The van der Waals surface area contributed by atoms with Crippen molar-refractivity contribution in [2.75, 3.05) is 11.9 Å². The molecule has 1 aliphatic carbocycles. The van der Waals surface area contributed by atoms with Crippen molar-refractivity contribution in [1.82, 2.24) is 5.32 Å². The first kappa shape index (κ1) is 14.6. The highest BCUT2D eigenvalue weighted by atomic mass is 16.5. The van der Waals surface area contributed by atoms with Crippen LogP contribution in [0.2, 0.25) is 0 Å². The second-order valence-corrected chi connectivity index (χ2v) is 5.80. The first-order valence-corrected chi connectivity index (χ1v) is 7.65. The lowest BCUT2D eigenvalue weighted by Gasteiger charge is -2.23. The third kappa shape index (κ3) is 3.13. The van der Waals surface area contributed by atoms with Crippen LogP contribution in [0.25, 0.3) is 0 Å². The molecular formula is C17H20N2O3. The minimum Gasteiger partial charge on any atom is -0.482 e. The van der Waals surface area contributed by atoms with Gasteiger partial charge in [0.25, 0.3) is 5.91 Å². The summed E-state index contributed by atoms with van der Waals surface area (Å²) in [5.41, 5.74) is 1.61. The molecule has 5 heteroatoms. The van der Waals surface area contributed by atoms with Gasteiger partial charge in [0, 0.05) is 5.92 Å². The predicted octanol–water partition coefficient (Wildman–Crippen LogP) is 2.55. The maximum atomic E-state index is 12.3. The van der Waals surface area contributed by atoms with E-state index in [-0.39, 0.29) is 30.4 Å². The summed E-state index contributed by atoms with van der Waals surface area (Å²) in [5, 5.41) is 5.84. The van der Waals surface area contributed by atoms with Gasteiger partial charge in [-0.1, -0.05) is 18.2 Å². The van der Waals surface area contributed by atoms with Crippen molar-refractivity contribution in [1.29, 1.82) is 0 Å². The van der Waals surface area contributed by atoms with Gasteiger partial charge in [-0.2, -0.15) is 0 Å². The Bertz CT molecular complexity index is 624. The standard InChI is InChI=1S/C17H20N2O3/c1-11(18-17(21)12-5-3-2-4-6-12)13-7-8-15-14(9-13)19-16(20)10-22-15/h2-3,7-9,11-12H,4-6,10H2,1H3,(H,18,21)(H,19,20)/t11-,12-/m0/s1. The molecular weight excluding hydrogens is 280 g/mol. The molecule has 2 aliphatic rings. The van der Waals surface area contributed by atoms with E-state index in [9.17, 15) is 9.59 Å². The third-order valence-corrected chi connectivity index (χ3v) is 4.14.